The quantitative estimate of drug-likeness (QED) is 0.910. The van der Waals surface area contributed by atoms with Gasteiger partial charge in [-0.15, -0.1) is 0 Å². The van der Waals surface area contributed by atoms with E-state index in [0.29, 0.717) is 12.0 Å². The lowest BCUT2D eigenvalue weighted by atomic mass is 9.89. The van der Waals surface area contributed by atoms with E-state index in [2.05, 4.69) is 11.2 Å². The van der Waals surface area contributed by atoms with Crippen molar-refractivity contribution in [3.8, 4) is 6.07 Å². The van der Waals surface area contributed by atoms with Crippen LogP contribution in [0.25, 0.3) is 0 Å². The number of hydrogen-bond donors (Lipinski definition) is 1. The van der Waals surface area contributed by atoms with Crippen molar-refractivity contribution in [2.24, 2.45) is 7.05 Å². The first kappa shape index (κ1) is 13.3. The first-order chi connectivity index (χ1) is 9.03. The molecule has 0 bridgehead atoms. The molecule has 0 spiro atoms. The number of aliphatic hydroxyl groups is 1. The highest BCUT2D eigenvalue weighted by Crippen LogP contribution is 2.26. The maximum atomic E-state index is 10.6. The van der Waals surface area contributed by atoms with E-state index in [-0.39, 0.29) is 0 Å². The molecule has 1 N–H and O–H groups in total. The summed E-state index contributed by atoms with van der Waals surface area (Å²) < 4.78 is 1.81. The summed E-state index contributed by atoms with van der Waals surface area (Å²) in [5.41, 5.74) is 1.47. The van der Waals surface area contributed by atoms with Gasteiger partial charge in [-0.3, -0.25) is 4.68 Å². The Kier molecular flexibility index (Phi) is 3.68. The summed E-state index contributed by atoms with van der Waals surface area (Å²) >= 11 is 0. The number of aromatic nitrogens is 2. The molecule has 0 saturated carbocycles. The first-order valence-corrected chi connectivity index (χ1v) is 6.23. The average Bonchev–Trinajstić information content (AvgIpc) is 2.82. The topological polar surface area (TPSA) is 61.8 Å². The molecule has 2 rings (SSSR count). The predicted octanol–water partition coefficient (Wildman–Crippen LogP) is 2.13. The Balaban J connectivity index is 2.13. The van der Waals surface area contributed by atoms with E-state index in [0.717, 1.165) is 17.7 Å². The molecule has 2 aromatic rings. The molecule has 0 aliphatic rings. The Labute approximate surface area is 112 Å². The molecule has 98 valence electrons. The Morgan fingerprint density at radius 3 is 2.84 bits per heavy atom. The zero-order chi connectivity index (χ0) is 13.9. The van der Waals surface area contributed by atoms with Crippen molar-refractivity contribution in [3.63, 3.8) is 0 Å². The Bertz CT molecular complexity index is 608. The second-order valence-corrected chi connectivity index (χ2v) is 4.91. The molecule has 1 aromatic carbocycles. The fourth-order valence-electron chi connectivity index (χ4n) is 2.09. The molecule has 0 fully saturated rings. The third kappa shape index (κ3) is 3.01. The van der Waals surface area contributed by atoms with Crippen LogP contribution in [-0.4, -0.2) is 14.9 Å². The van der Waals surface area contributed by atoms with Crippen LogP contribution in [0.15, 0.2) is 36.5 Å². The second-order valence-electron chi connectivity index (χ2n) is 4.91. The van der Waals surface area contributed by atoms with E-state index in [1.807, 2.05) is 23.9 Å². The maximum Gasteiger partial charge on any atom is 0.0991 e. The Hall–Kier alpha value is -2.12. The van der Waals surface area contributed by atoms with Gasteiger partial charge in [0.05, 0.1) is 17.2 Å². The highest BCUT2D eigenvalue weighted by atomic mass is 16.3. The van der Waals surface area contributed by atoms with Gasteiger partial charge >= 0.3 is 0 Å². The van der Waals surface area contributed by atoms with Crippen LogP contribution in [-0.2, 0) is 19.1 Å². The minimum Gasteiger partial charge on any atom is -0.385 e. The summed E-state index contributed by atoms with van der Waals surface area (Å²) in [5.74, 6) is 0. The minimum atomic E-state index is -0.947. The fraction of sp³-hybridized carbons (Fsp3) is 0.333. The summed E-state index contributed by atoms with van der Waals surface area (Å²) in [6.07, 6.45) is 3.07. The first-order valence-electron chi connectivity index (χ1n) is 6.23. The summed E-state index contributed by atoms with van der Waals surface area (Å²) in [6.45, 7) is 1.78. The molecule has 1 heterocycles. The maximum absolute atomic E-state index is 10.6. The lowest BCUT2D eigenvalue weighted by Gasteiger charge is -2.24. The van der Waals surface area contributed by atoms with Crippen LogP contribution < -0.4 is 0 Å². The van der Waals surface area contributed by atoms with E-state index < -0.39 is 5.60 Å². The van der Waals surface area contributed by atoms with Crippen LogP contribution in [0.4, 0.5) is 0 Å². The summed E-state index contributed by atoms with van der Waals surface area (Å²) in [7, 11) is 1.89. The number of nitrogens with zero attached hydrogens (tertiary/aromatic N) is 3. The number of benzene rings is 1. The highest BCUT2D eigenvalue weighted by molar-refractivity contribution is 5.35. The molecular weight excluding hydrogens is 238 g/mol. The number of nitriles is 1. The van der Waals surface area contributed by atoms with E-state index in [9.17, 15) is 5.11 Å². The van der Waals surface area contributed by atoms with Crippen molar-refractivity contribution in [1.29, 1.82) is 5.26 Å². The minimum absolute atomic E-state index is 0.568. The standard InChI is InChI=1S/C15H17N3O/c1-15(19,8-6-14-7-9-17-18(14)2)13-5-3-4-12(10-13)11-16/h3-5,7,9-10,19H,6,8H2,1-2H3. The lowest BCUT2D eigenvalue weighted by molar-refractivity contribution is 0.0475. The number of rotatable bonds is 4. The number of aryl methyl sites for hydroxylation is 2. The van der Waals surface area contributed by atoms with Gasteiger partial charge in [0.2, 0.25) is 0 Å². The molecule has 0 radical (unpaired) electrons. The molecular formula is C15H17N3O. The molecule has 4 heteroatoms. The molecule has 0 aliphatic carbocycles. The predicted molar refractivity (Wildman–Crippen MR) is 72.3 cm³/mol. The van der Waals surface area contributed by atoms with Gasteiger partial charge in [0.15, 0.2) is 0 Å². The SMILES string of the molecule is Cn1nccc1CCC(C)(O)c1cccc(C#N)c1. The normalized spacial score (nSPS) is 13.8. The van der Waals surface area contributed by atoms with Crippen molar-refractivity contribution >= 4 is 0 Å². The van der Waals surface area contributed by atoms with E-state index in [4.69, 9.17) is 5.26 Å². The van der Waals surface area contributed by atoms with Crippen LogP contribution in [0.2, 0.25) is 0 Å². The highest BCUT2D eigenvalue weighted by Gasteiger charge is 2.23. The van der Waals surface area contributed by atoms with Gasteiger partial charge in [-0.2, -0.15) is 10.4 Å². The average molecular weight is 255 g/mol. The molecule has 4 nitrogen and oxygen atoms in total. The van der Waals surface area contributed by atoms with Crippen molar-refractivity contribution in [2.75, 3.05) is 0 Å². The third-order valence-electron chi connectivity index (χ3n) is 3.40. The van der Waals surface area contributed by atoms with Gasteiger partial charge in [-0.05, 0) is 43.5 Å². The zero-order valence-corrected chi connectivity index (χ0v) is 11.2. The Morgan fingerprint density at radius 1 is 1.42 bits per heavy atom. The smallest absolute Gasteiger partial charge is 0.0991 e. The Morgan fingerprint density at radius 2 is 2.21 bits per heavy atom. The van der Waals surface area contributed by atoms with Gasteiger partial charge in [0.25, 0.3) is 0 Å². The van der Waals surface area contributed by atoms with Gasteiger partial charge in [0.1, 0.15) is 0 Å². The second kappa shape index (κ2) is 5.25. The molecule has 0 saturated heterocycles. The monoisotopic (exact) mass is 255 g/mol. The van der Waals surface area contributed by atoms with Crippen molar-refractivity contribution in [2.45, 2.75) is 25.4 Å². The van der Waals surface area contributed by atoms with Gasteiger partial charge in [0, 0.05) is 18.9 Å². The van der Waals surface area contributed by atoms with Crippen molar-refractivity contribution in [1.82, 2.24) is 9.78 Å². The third-order valence-corrected chi connectivity index (χ3v) is 3.40. The fourth-order valence-corrected chi connectivity index (χ4v) is 2.09. The summed E-state index contributed by atoms with van der Waals surface area (Å²) in [4.78, 5) is 0. The van der Waals surface area contributed by atoms with Crippen molar-refractivity contribution < 1.29 is 5.11 Å². The van der Waals surface area contributed by atoms with Crippen LogP contribution >= 0.6 is 0 Å². The molecule has 1 unspecified atom stereocenters. The van der Waals surface area contributed by atoms with Crippen LogP contribution in [0.1, 0.15) is 30.2 Å². The van der Waals surface area contributed by atoms with Crippen LogP contribution in [0, 0.1) is 11.3 Å². The zero-order valence-electron chi connectivity index (χ0n) is 11.2. The van der Waals surface area contributed by atoms with Gasteiger partial charge in [-0.25, -0.2) is 0 Å². The van der Waals surface area contributed by atoms with E-state index in [1.165, 1.54) is 0 Å². The lowest BCUT2D eigenvalue weighted by Crippen LogP contribution is -2.22. The summed E-state index contributed by atoms with van der Waals surface area (Å²) in [5, 5.41) is 23.6. The van der Waals surface area contributed by atoms with E-state index in [1.54, 1.807) is 31.3 Å². The van der Waals surface area contributed by atoms with Crippen LogP contribution in [0.3, 0.4) is 0 Å². The van der Waals surface area contributed by atoms with Gasteiger partial charge in [-0.1, -0.05) is 12.1 Å². The van der Waals surface area contributed by atoms with Gasteiger partial charge < -0.3 is 5.11 Å². The largest absolute Gasteiger partial charge is 0.385 e. The molecule has 1 aromatic heterocycles. The van der Waals surface area contributed by atoms with E-state index >= 15 is 0 Å². The molecule has 19 heavy (non-hydrogen) atoms. The molecule has 0 amide bonds. The molecule has 0 aliphatic heterocycles. The molecule has 1 atom stereocenters. The summed E-state index contributed by atoms with van der Waals surface area (Å²) in [6, 6.07) is 11.2. The number of hydrogen-bond acceptors (Lipinski definition) is 3. The van der Waals surface area contributed by atoms with Crippen LogP contribution in [0.5, 0.6) is 0 Å². The van der Waals surface area contributed by atoms with Crippen molar-refractivity contribution in [3.05, 3.63) is 53.3 Å².